The van der Waals surface area contributed by atoms with Crippen molar-refractivity contribution in [3.63, 3.8) is 0 Å². The van der Waals surface area contributed by atoms with Crippen LogP contribution < -0.4 is 5.43 Å². The molecule has 0 unspecified atom stereocenters. The molecule has 0 aliphatic carbocycles. The predicted octanol–water partition coefficient (Wildman–Crippen LogP) is 3.93. The highest BCUT2D eigenvalue weighted by molar-refractivity contribution is 6.31. The van der Waals surface area contributed by atoms with Crippen LogP contribution in [-0.4, -0.2) is 9.97 Å². The summed E-state index contributed by atoms with van der Waals surface area (Å²) in [5.74, 6) is 0. The van der Waals surface area contributed by atoms with Gasteiger partial charge in [-0.2, -0.15) is 0 Å². The van der Waals surface area contributed by atoms with Crippen molar-refractivity contribution in [2.24, 2.45) is 0 Å². The SMILES string of the molecule is [C-]#[N+]/C(=C\c1c[nH]ccc1=O)c1c[nH]c2ccc(Cl)cc12. The molecule has 3 rings (SSSR count). The highest BCUT2D eigenvalue weighted by Gasteiger charge is 2.10. The summed E-state index contributed by atoms with van der Waals surface area (Å²) in [5, 5.41) is 1.46. The van der Waals surface area contributed by atoms with Crippen LogP contribution in [0.25, 0.3) is 27.5 Å². The normalized spacial score (nSPS) is 11.5. The third-order valence-electron chi connectivity index (χ3n) is 3.19. The molecular formula is C16H10ClN3O. The topological polar surface area (TPSA) is 53.0 Å². The number of aromatic nitrogens is 2. The van der Waals surface area contributed by atoms with Gasteiger partial charge in [0.05, 0.1) is 6.57 Å². The Bertz CT molecular complexity index is 944. The Hall–Kier alpha value is -2.77. The van der Waals surface area contributed by atoms with Crippen molar-refractivity contribution in [2.75, 3.05) is 0 Å². The predicted molar refractivity (Wildman–Crippen MR) is 84.8 cm³/mol. The van der Waals surface area contributed by atoms with Gasteiger partial charge < -0.3 is 9.97 Å². The fourth-order valence-corrected chi connectivity index (χ4v) is 2.34. The monoisotopic (exact) mass is 295 g/mol. The second kappa shape index (κ2) is 5.31. The fraction of sp³-hybridized carbons (Fsp3) is 0. The molecule has 21 heavy (non-hydrogen) atoms. The molecule has 2 heterocycles. The Kier molecular flexibility index (Phi) is 3.35. The van der Waals surface area contributed by atoms with Gasteiger partial charge in [0.25, 0.3) is 0 Å². The average Bonchev–Trinajstić information content (AvgIpc) is 2.89. The summed E-state index contributed by atoms with van der Waals surface area (Å²) in [6.07, 6.45) is 6.47. The van der Waals surface area contributed by atoms with Gasteiger partial charge in [-0.3, -0.25) is 4.79 Å². The van der Waals surface area contributed by atoms with Gasteiger partial charge in [-0.05, 0) is 35.9 Å². The van der Waals surface area contributed by atoms with Crippen molar-refractivity contribution >= 4 is 34.3 Å². The van der Waals surface area contributed by atoms with E-state index in [0.717, 1.165) is 16.5 Å². The molecule has 0 saturated heterocycles. The van der Waals surface area contributed by atoms with Crippen molar-refractivity contribution < 1.29 is 0 Å². The van der Waals surface area contributed by atoms with Crippen LogP contribution in [0.2, 0.25) is 5.02 Å². The average molecular weight is 296 g/mol. The maximum absolute atomic E-state index is 11.8. The third kappa shape index (κ3) is 2.47. The summed E-state index contributed by atoms with van der Waals surface area (Å²) in [6, 6.07) is 6.88. The minimum absolute atomic E-state index is 0.132. The molecule has 0 aliphatic rings. The molecule has 0 fully saturated rings. The lowest BCUT2D eigenvalue weighted by Crippen LogP contribution is -2.02. The number of benzene rings is 1. The fourth-order valence-electron chi connectivity index (χ4n) is 2.16. The van der Waals surface area contributed by atoms with Crippen LogP contribution in [0.4, 0.5) is 0 Å². The number of pyridine rings is 1. The zero-order valence-corrected chi connectivity index (χ0v) is 11.6. The minimum Gasteiger partial charge on any atom is -0.367 e. The van der Waals surface area contributed by atoms with E-state index in [-0.39, 0.29) is 5.43 Å². The highest BCUT2D eigenvalue weighted by atomic mass is 35.5. The summed E-state index contributed by atoms with van der Waals surface area (Å²) in [7, 11) is 0. The van der Waals surface area contributed by atoms with Crippen LogP contribution in [0, 0.1) is 6.57 Å². The van der Waals surface area contributed by atoms with Gasteiger partial charge in [0.2, 0.25) is 0 Å². The number of nitrogens with zero attached hydrogens (tertiary/aromatic N) is 1. The number of aromatic amines is 2. The smallest absolute Gasteiger partial charge is 0.197 e. The number of nitrogens with one attached hydrogen (secondary N) is 2. The van der Waals surface area contributed by atoms with Crippen molar-refractivity contribution in [3.8, 4) is 0 Å². The summed E-state index contributed by atoms with van der Waals surface area (Å²) >= 11 is 6.02. The summed E-state index contributed by atoms with van der Waals surface area (Å²) in [6.45, 7) is 7.38. The van der Waals surface area contributed by atoms with Crippen molar-refractivity contribution in [1.29, 1.82) is 0 Å². The zero-order valence-electron chi connectivity index (χ0n) is 10.9. The first-order chi connectivity index (χ1) is 10.2. The number of hydrogen-bond acceptors (Lipinski definition) is 1. The van der Waals surface area contributed by atoms with Gasteiger partial charge >= 0.3 is 0 Å². The molecule has 0 saturated carbocycles. The Morgan fingerprint density at radius 1 is 1.29 bits per heavy atom. The van der Waals surface area contributed by atoms with Crippen LogP contribution in [-0.2, 0) is 0 Å². The number of H-pyrrole nitrogens is 2. The maximum Gasteiger partial charge on any atom is 0.197 e. The number of fused-ring (bicyclic) bond motifs is 1. The molecule has 2 aromatic heterocycles. The Morgan fingerprint density at radius 3 is 2.90 bits per heavy atom. The van der Waals surface area contributed by atoms with Gasteiger partial charge in [0.15, 0.2) is 11.1 Å². The molecule has 0 aliphatic heterocycles. The second-order valence-electron chi connectivity index (χ2n) is 4.50. The maximum atomic E-state index is 11.8. The lowest BCUT2D eigenvalue weighted by atomic mass is 10.1. The summed E-state index contributed by atoms with van der Waals surface area (Å²) in [4.78, 5) is 21.3. The van der Waals surface area contributed by atoms with E-state index in [4.69, 9.17) is 18.2 Å². The van der Waals surface area contributed by atoms with Crippen LogP contribution in [0.3, 0.4) is 0 Å². The van der Waals surface area contributed by atoms with Crippen LogP contribution in [0.1, 0.15) is 11.1 Å². The quantitative estimate of drug-likeness (QED) is 0.692. The standard InChI is InChI=1S/C16H10ClN3O/c1-18-15(6-10-8-19-5-4-16(10)21)13-9-20-14-3-2-11(17)7-12(13)14/h2-9,20H,(H,19,21)/b15-6-. The minimum atomic E-state index is -0.132. The zero-order chi connectivity index (χ0) is 14.8. The lowest BCUT2D eigenvalue weighted by molar-refractivity contribution is 1.29. The van der Waals surface area contributed by atoms with Crippen molar-refractivity contribution in [3.05, 3.63) is 80.6 Å². The van der Waals surface area contributed by atoms with Gasteiger partial charge in [-0.15, -0.1) is 0 Å². The Morgan fingerprint density at radius 2 is 2.14 bits per heavy atom. The molecule has 4 nitrogen and oxygen atoms in total. The first-order valence-corrected chi connectivity index (χ1v) is 6.60. The van der Waals surface area contributed by atoms with Crippen molar-refractivity contribution in [2.45, 2.75) is 0 Å². The van der Waals surface area contributed by atoms with Gasteiger partial charge in [-0.1, -0.05) is 11.6 Å². The van der Waals surface area contributed by atoms with Crippen LogP contribution >= 0.6 is 11.6 Å². The van der Waals surface area contributed by atoms with E-state index >= 15 is 0 Å². The van der Waals surface area contributed by atoms with Crippen LogP contribution in [0.15, 0.2) is 47.7 Å². The molecular weight excluding hydrogens is 286 g/mol. The van der Waals surface area contributed by atoms with E-state index < -0.39 is 0 Å². The van der Waals surface area contributed by atoms with E-state index in [0.29, 0.717) is 16.3 Å². The van der Waals surface area contributed by atoms with E-state index in [1.54, 1.807) is 36.8 Å². The Labute approximate surface area is 125 Å². The molecule has 0 bridgehead atoms. The van der Waals surface area contributed by atoms with E-state index in [2.05, 4.69) is 14.8 Å². The summed E-state index contributed by atoms with van der Waals surface area (Å²) < 4.78 is 0. The molecule has 102 valence electrons. The van der Waals surface area contributed by atoms with E-state index in [9.17, 15) is 4.79 Å². The largest absolute Gasteiger partial charge is 0.367 e. The van der Waals surface area contributed by atoms with E-state index in [1.165, 1.54) is 6.07 Å². The number of rotatable bonds is 2. The second-order valence-corrected chi connectivity index (χ2v) is 4.93. The number of hydrogen-bond donors (Lipinski definition) is 2. The van der Waals surface area contributed by atoms with Gasteiger partial charge in [0, 0.05) is 40.1 Å². The molecule has 0 spiro atoms. The van der Waals surface area contributed by atoms with Crippen LogP contribution in [0.5, 0.6) is 0 Å². The Balaban J connectivity index is 2.20. The summed E-state index contributed by atoms with van der Waals surface area (Å²) in [5.41, 5.74) is 2.32. The number of halogens is 1. The first-order valence-electron chi connectivity index (χ1n) is 6.22. The third-order valence-corrected chi connectivity index (χ3v) is 3.42. The van der Waals surface area contributed by atoms with Crippen molar-refractivity contribution in [1.82, 2.24) is 9.97 Å². The van der Waals surface area contributed by atoms with Gasteiger partial charge in [-0.25, -0.2) is 4.85 Å². The molecule has 3 aromatic rings. The molecule has 0 radical (unpaired) electrons. The molecule has 1 aromatic carbocycles. The van der Waals surface area contributed by atoms with Gasteiger partial charge in [0.1, 0.15) is 0 Å². The highest BCUT2D eigenvalue weighted by Crippen LogP contribution is 2.29. The lowest BCUT2D eigenvalue weighted by Gasteiger charge is -1.98. The first kappa shape index (κ1) is 13.2. The molecule has 5 heteroatoms. The molecule has 0 atom stereocenters. The van der Waals surface area contributed by atoms with E-state index in [1.807, 2.05) is 6.07 Å². The molecule has 2 N–H and O–H groups in total. The molecule has 0 amide bonds.